The Kier molecular flexibility index (Phi) is 13.4. The van der Waals surface area contributed by atoms with Crippen molar-refractivity contribution in [2.24, 2.45) is 11.3 Å². The van der Waals surface area contributed by atoms with E-state index >= 15 is 0 Å². The molecular weight excluding hydrogens is 520 g/mol. The van der Waals surface area contributed by atoms with E-state index < -0.39 is 23.8 Å². The van der Waals surface area contributed by atoms with Gasteiger partial charge in [-0.1, -0.05) is 48.0 Å². The van der Waals surface area contributed by atoms with Gasteiger partial charge in [-0.3, -0.25) is 9.97 Å². The summed E-state index contributed by atoms with van der Waals surface area (Å²) < 4.78 is 23.6. The Bertz CT molecular complexity index is 1110. The van der Waals surface area contributed by atoms with E-state index in [0.717, 1.165) is 32.1 Å². The largest absolute Gasteiger partial charge is 0.456 e. The minimum atomic E-state index is -0.699. The minimum Gasteiger partial charge on any atom is -0.456 e. The van der Waals surface area contributed by atoms with E-state index in [9.17, 15) is 9.59 Å². The lowest BCUT2D eigenvalue weighted by Gasteiger charge is -2.31. The van der Waals surface area contributed by atoms with E-state index in [1.54, 1.807) is 24.3 Å². The highest BCUT2D eigenvalue weighted by molar-refractivity contribution is 5.92. The Morgan fingerprint density at radius 3 is 1.88 bits per heavy atom. The van der Waals surface area contributed by atoms with Crippen LogP contribution in [0.4, 0.5) is 0 Å². The lowest BCUT2D eigenvalue weighted by Crippen LogP contribution is -2.33. The standard InChI is InChI=1S/C33H50N2O6/c1-10-16-33(8,9)41-30(37)26-15-18-35-28(22-26)27-21-25(14-17-34-27)29(36)40-31(24(11-2)12-3)39-20-19-38-23(5)32(6,7)13-4/h14-15,17-18,21-24,31H,10-13,16,19-20H2,1-9H3. The van der Waals surface area contributed by atoms with Crippen LogP contribution in [0, 0.1) is 11.3 Å². The Morgan fingerprint density at radius 1 is 0.829 bits per heavy atom. The molecule has 0 N–H and O–H groups in total. The summed E-state index contributed by atoms with van der Waals surface area (Å²) in [7, 11) is 0. The van der Waals surface area contributed by atoms with Crippen LogP contribution in [0.1, 0.15) is 115 Å². The molecule has 0 radical (unpaired) electrons. The highest BCUT2D eigenvalue weighted by Gasteiger charge is 2.27. The third-order valence-corrected chi connectivity index (χ3v) is 7.88. The Hall–Kier alpha value is -2.84. The summed E-state index contributed by atoms with van der Waals surface area (Å²) in [4.78, 5) is 34.7. The molecule has 41 heavy (non-hydrogen) atoms. The number of hydrogen-bond acceptors (Lipinski definition) is 8. The number of rotatable bonds is 17. The summed E-state index contributed by atoms with van der Waals surface area (Å²) in [5.41, 5.74) is 1.10. The molecule has 8 heteroatoms. The van der Waals surface area contributed by atoms with Crippen LogP contribution in [0.2, 0.25) is 0 Å². The Balaban J connectivity index is 2.13. The molecule has 2 aromatic rings. The minimum absolute atomic E-state index is 0.0473. The van der Waals surface area contributed by atoms with Crippen LogP contribution in [0.5, 0.6) is 0 Å². The van der Waals surface area contributed by atoms with Gasteiger partial charge in [0.05, 0.1) is 41.8 Å². The lowest BCUT2D eigenvalue weighted by molar-refractivity contribution is -0.156. The van der Waals surface area contributed by atoms with Crippen molar-refractivity contribution in [3.05, 3.63) is 47.8 Å². The number of carbonyl (C=O) groups excluding carboxylic acids is 2. The first-order valence-corrected chi connectivity index (χ1v) is 15.0. The topological polar surface area (TPSA) is 96.8 Å². The molecule has 0 spiro atoms. The van der Waals surface area contributed by atoms with Crippen molar-refractivity contribution in [2.75, 3.05) is 13.2 Å². The normalized spacial score (nSPS) is 13.6. The molecule has 2 unspecified atom stereocenters. The van der Waals surface area contributed by atoms with Gasteiger partial charge in [-0.05, 0) is 76.1 Å². The average molecular weight is 571 g/mol. The monoisotopic (exact) mass is 570 g/mol. The van der Waals surface area contributed by atoms with E-state index in [1.165, 1.54) is 12.4 Å². The zero-order valence-corrected chi connectivity index (χ0v) is 26.5. The summed E-state index contributed by atoms with van der Waals surface area (Å²) >= 11 is 0. The van der Waals surface area contributed by atoms with Gasteiger partial charge >= 0.3 is 11.9 Å². The van der Waals surface area contributed by atoms with Gasteiger partial charge in [0.1, 0.15) is 5.60 Å². The summed E-state index contributed by atoms with van der Waals surface area (Å²) in [5.74, 6) is -0.889. The first-order chi connectivity index (χ1) is 19.4. The van der Waals surface area contributed by atoms with E-state index in [0.29, 0.717) is 35.7 Å². The smallest absolute Gasteiger partial charge is 0.340 e. The quantitative estimate of drug-likeness (QED) is 0.109. The number of pyridine rings is 2. The molecule has 2 atom stereocenters. The molecule has 2 heterocycles. The number of hydrogen-bond donors (Lipinski definition) is 0. The van der Waals surface area contributed by atoms with Crippen LogP contribution in [-0.2, 0) is 18.9 Å². The maximum Gasteiger partial charge on any atom is 0.340 e. The van der Waals surface area contributed by atoms with Gasteiger partial charge in [0.2, 0.25) is 6.29 Å². The second-order valence-electron chi connectivity index (χ2n) is 11.8. The fraction of sp³-hybridized carbons (Fsp3) is 0.636. The van der Waals surface area contributed by atoms with Crippen LogP contribution < -0.4 is 0 Å². The van der Waals surface area contributed by atoms with Gasteiger partial charge in [0.25, 0.3) is 0 Å². The Labute approximate surface area is 246 Å². The van der Waals surface area contributed by atoms with Crippen molar-refractivity contribution in [1.82, 2.24) is 9.97 Å². The maximum atomic E-state index is 13.2. The summed E-state index contributed by atoms with van der Waals surface area (Å²) in [6, 6.07) is 6.44. The second-order valence-corrected chi connectivity index (χ2v) is 11.8. The van der Waals surface area contributed by atoms with E-state index in [4.69, 9.17) is 18.9 Å². The van der Waals surface area contributed by atoms with E-state index in [2.05, 4.69) is 51.5 Å². The van der Waals surface area contributed by atoms with Gasteiger partial charge in [-0.2, -0.15) is 0 Å². The third-order valence-electron chi connectivity index (χ3n) is 7.88. The summed E-state index contributed by atoms with van der Waals surface area (Å²) in [6.07, 6.45) is 6.73. The van der Waals surface area contributed by atoms with Crippen molar-refractivity contribution in [3.8, 4) is 11.4 Å². The van der Waals surface area contributed by atoms with Crippen molar-refractivity contribution in [2.45, 2.75) is 112 Å². The maximum absolute atomic E-state index is 13.2. The van der Waals surface area contributed by atoms with Crippen LogP contribution in [-0.4, -0.2) is 53.1 Å². The van der Waals surface area contributed by atoms with Crippen LogP contribution in [0.25, 0.3) is 11.4 Å². The lowest BCUT2D eigenvalue weighted by atomic mass is 9.85. The molecule has 8 nitrogen and oxygen atoms in total. The van der Waals surface area contributed by atoms with Crippen LogP contribution in [0.3, 0.4) is 0 Å². The number of esters is 2. The zero-order chi connectivity index (χ0) is 30.6. The summed E-state index contributed by atoms with van der Waals surface area (Å²) in [5, 5.41) is 0. The first kappa shape index (κ1) is 34.4. The molecule has 0 aliphatic carbocycles. The number of nitrogens with zero attached hydrogens (tertiary/aromatic N) is 2. The molecule has 0 aliphatic rings. The number of carbonyl (C=O) groups is 2. The van der Waals surface area contributed by atoms with Crippen LogP contribution >= 0.6 is 0 Å². The highest BCUT2D eigenvalue weighted by Crippen LogP contribution is 2.27. The van der Waals surface area contributed by atoms with Crippen molar-refractivity contribution >= 4 is 11.9 Å². The predicted octanol–water partition coefficient (Wildman–Crippen LogP) is 7.66. The SMILES string of the molecule is CCCC(C)(C)OC(=O)c1ccnc(-c2cc(C(=O)OC(OCCOC(C)C(C)(C)CC)C(CC)CC)ccn2)c1. The molecule has 0 amide bonds. The average Bonchev–Trinajstić information content (AvgIpc) is 2.95. The van der Waals surface area contributed by atoms with Gasteiger partial charge in [-0.15, -0.1) is 0 Å². The molecular formula is C33H50N2O6. The number of aromatic nitrogens is 2. The fourth-order valence-corrected chi connectivity index (χ4v) is 4.37. The predicted molar refractivity (Wildman–Crippen MR) is 161 cm³/mol. The van der Waals surface area contributed by atoms with Crippen molar-refractivity contribution < 1.29 is 28.5 Å². The molecule has 0 aliphatic heterocycles. The van der Waals surface area contributed by atoms with Gasteiger partial charge in [0.15, 0.2) is 0 Å². The first-order valence-electron chi connectivity index (χ1n) is 15.0. The molecule has 2 rings (SSSR count). The number of ether oxygens (including phenoxy) is 4. The summed E-state index contributed by atoms with van der Waals surface area (Å²) in [6.45, 7) is 19.3. The van der Waals surface area contributed by atoms with Gasteiger partial charge in [0, 0.05) is 18.3 Å². The van der Waals surface area contributed by atoms with Gasteiger partial charge < -0.3 is 18.9 Å². The highest BCUT2D eigenvalue weighted by atomic mass is 16.7. The molecule has 0 aromatic carbocycles. The third kappa shape index (κ3) is 10.5. The molecule has 0 saturated heterocycles. The second kappa shape index (κ2) is 16.0. The molecule has 0 saturated carbocycles. The van der Waals surface area contributed by atoms with Crippen molar-refractivity contribution in [3.63, 3.8) is 0 Å². The zero-order valence-electron chi connectivity index (χ0n) is 26.5. The van der Waals surface area contributed by atoms with Crippen LogP contribution in [0.15, 0.2) is 36.7 Å². The fourth-order valence-electron chi connectivity index (χ4n) is 4.37. The molecule has 228 valence electrons. The Morgan fingerprint density at radius 2 is 1.37 bits per heavy atom. The van der Waals surface area contributed by atoms with Crippen molar-refractivity contribution in [1.29, 1.82) is 0 Å². The molecule has 0 bridgehead atoms. The van der Waals surface area contributed by atoms with E-state index in [1.807, 2.05) is 20.8 Å². The van der Waals surface area contributed by atoms with Gasteiger partial charge in [-0.25, -0.2) is 9.59 Å². The molecule has 0 fully saturated rings. The molecule has 2 aromatic heterocycles. The van der Waals surface area contributed by atoms with E-state index in [-0.39, 0.29) is 17.4 Å².